The fourth-order valence-corrected chi connectivity index (χ4v) is 16.1. The number of fused-ring (bicyclic) bond motifs is 15. The summed E-state index contributed by atoms with van der Waals surface area (Å²) in [6, 6.07) is -1.76. The van der Waals surface area contributed by atoms with Crippen molar-refractivity contribution in [3.05, 3.63) is 117 Å². The predicted molar refractivity (Wildman–Crippen MR) is 433 cm³/mol. The number of aliphatic hydroxyl groups excluding tert-OH is 5. The van der Waals surface area contributed by atoms with Crippen molar-refractivity contribution < 1.29 is 133 Å². The van der Waals surface area contributed by atoms with E-state index < -0.39 is 278 Å². The smallest absolute Gasteiger partial charge is 0.330 e. The maximum atomic E-state index is 16.3. The number of benzene rings is 5. The molecule has 0 saturated carbocycles. The van der Waals surface area contributed by atoms with Crippen molar-refractivity contribution in [2.24, 2.45) is 17.4 Å². The van der Waals surface area contributed by atoms with Crippen LogP contribution in [0.2, 0.25) is 10.0 Å². The molecule has 7 amide bonds. The molecule has 0 radical (unpaired) electrons. The van der Waals surface area contributed by atoms with E-state index >= 15 is 19.2 Å². The van der Waals surface area contributed by atoms with Gasteiger partial charge < -0.3 is 133 Å². The van der Waals surface area contributed by atoms with Crippen LogP contribution in [0.15, 0.2) is 78.9 Å². The van der Waals surface area contributed by atoms with Crippen molar-refractivity contribution in [3.8, 4) is 57.1 Å². The largest absolute Gasteiger partial charge is 0.508 e. The van der Waals surface area contributed by atoms with Gasteiger partial charge in [-0.2, -0.15) is 0 Å². The number of nitrogens with two attached hydrogens (primary N) is 2. The zero-order valence-corrected chi connectivity index (χ0v) is 69.2. The number of aliphatic hydroxyl groups is 5. The number of primary amides is 1. The second kappa shape index (κ2) is 41.3. The first-order valence-corrected chi connectivity index (χ1v) is 40.7. The molecule has 664 valence electrons. The average Bonchev–Trinajstić information content (AvgIpc) is 0.764. The normalized spacial score (nSPS) is 26.5. The van der Waals surface area contributed by atoms with Crippen molar-refractivity contribution in [3.63, 3.8) is 0 Å². The van der Waals surface area contributed by atoms with Gasteiger partial charge in [-0.25, -0.2) is 4.79 Å². The highest BCUT2D eigenvalue weighted by Gasteiger charge is 2.54. The molecule has 0 aliphatic carbocycles. The van der Waals surface area contributed by atoms with Gasteiger partial charge in [-0.1, -0.05) is 107 Å². The molecule has 11 bridgehead atoms. The van der Waals surface area contributed by atoms with Gasteiger partial charge in [0.1, 0.15) is 89.5 Å². The molecule has 2 fully saturated rings. The quantitative estimate of drug-likeness (QED) is 0.0294. The topological polar surface area (TPSA) is 591 Å². The Kier molecular flexibility index (Phi) is 31.8. The Hall–Kier alpha value is -10.3. The van der Waals surface area contributed by atoms with Gasteiger partial charge in [-0.3, -0.25) is 53.0 Å². The Morgan fingerprint density at radius 3 is 1.86 bits per heavy atom. The molecule has 7 aliphatic heterocycles. The van der Waals surface area contributed by atoms with Gasteiger partial charge in [0.2, 0.25) is 53.4 Å². The molecular formula is C82H105Cl2N11O27. The van der Waals surface area contributed by atoms with Crippen molar-refractivity contribution in [1.29, 1.82) is 0 Å². The van der Waals surface area contributed by atoms with Gasteiger partial charge in [0.05, 0.1) is 53.3 Å². The van der Waals surface area contributed by atoms with E-state index in [2.05, 4.69) is 44.1 Å². The number of ether oxygens (including phenoxy) is 6. The molecule has 22 N–H and O–H groups in total. The minimum Gasteiger partial charge on any atom is -0.508 e. The lowest BCUT2D eigenvalue weighted by Gasteiger charge is -2.52. The molecule has 7 heterocycles. The molecule has 122 heavy (non-hydrogen) atoms. The van der Waals surface area contributed by atoms with Crippen molar-refractivity contribution in [2.75, 3.05) is 46.3 Å². The minimum atomic E-state index is -2.42. The van der Waals surface area contributed by atoms with Crippen molar-refractivity contribution >= 4 is 82.5 Å². The molecule has 38 nitrogen and oxygen atoms in total. The number of halogens is 2. The zero-order valence-electron chi connectivity index (χ0n) is 67.7. The Morgan fingerprint density at radius 2 is 1.26 bits per heavy atom. The predicted octanol–water partition coefficient (Wildman–Crippen LogP) is 3.03. The molecule has 18 atom stereocenters. The molecule has 7 aliphatic rings. The van der Waals surface area contributed by atoms with Crippen LogP contribution in [0.4, 0.5) is 0 Å². The number of nitrogens with zero attached hydrogens (tertiary/aromatic N) is 2. The summed E-state index contributed by atoms with van der Waals surface area (Å²) in [7, 11) is 1.32. The number of likely N-dealkylation sites (N-methyl/N-ethyl adjacent to an activating group) is 1. The summed E-state index contributed by atoms with van der Waals surface area (Å²) in [5, 5.41) is 144. The molecule has 40 heteroatoms. The number of amides is 7. The van der Waals surface area contributed by atoms with Crippen LogP contribution < -0.4 is 62.9 Å². The maximum absolute atomic E-state index is 16.3. The molecular weight excluding hydrogens is 1640 g/mol. The van der Waals surface area contributed by atoms with E-state index in [0.29, 0.717) is 13.1 Å². The summed E-state index contributed by atoms with van der Waals surface area (Å²) >= 11 is 14.3. The van der Waals surface area contributed by atoms with Crippen LogP contribution in [0, 0.1) is 5.92 Å². The molecule has 5 aromatic rings. The number of unbranched alkanes of at least 4 members (excludes halogenated alkanes) is 7. The fourth-order valence-electron chi connectivity index (χ4n) is 15.6. The number of carbonyl (C=O) groups excluding carboxylic acids is 7. The molecule has 2 saturated heterocycles. The molecule has 0 unspecified atom stereocenters. The summed E-state index contributed by atoms with van der Waals surface area (Å²) in [5.41, 5.74) is 7.45. The molecule has 0 spiro atoms. The van der Waals surface area contributed by atoms with Crippen LogP contribution in [0.3, 0.4) is 0 Å². The zero-order chi connectivity index (χ0) is 89.0. The molecule has 12 rings (SSSR count). The average molecular weight is 1750 g/mol. The van der Waals surface area contributed by atoms with E-state index in [1.54, 1.807) is 25.7 Å². The van der Waals surface area contributed by atoms with Gasteiger partial charge in [-0.05, 0) is 123 Å². The number of phenolic OH excluding ortho intramolecular Hbond substituents is 3. The van der Waals surface area contributed by atoms with Gasteiger partial charge >= 0.3 is 17.9 Å². The number of carboxylic acid groups (broad SMARTS) is 3. The number of rotatable bonds is 30. The summed E-state index contributed by atoms with van der Waals surface area (Å²) in [6.07, 6.45) is -11.0. The Morgan fingerprint density at radius 1 is 0.664 bits per heavy atom. The third-order valence-electron chi connectivity index (χ3n) is 22.1. The fraction of sp³-hybridized carbons (Fsp3) is 0.512. The summed E-state index contributed by atoms with van der Waals surface area (Å²) in [6.45, 7) is 7.90. The third-order valence-corrected chi connectivity index (χ3v) is 22.7. The minimum absolute atomic E-state index is 0.0291. The number of phenols is 3. The Balaban J connectivity index is 1.17. The highest BCUT2D eigenvalue weighted by molar-refractivity contribution is 6.32. The lowest BCUT2D eigenvalue weighted by molar-refractivity contribution is -0.335. The summed E-state index contributed by atoms with van der Waals surface area (Å²) in [5.74, 6) is -19.6. The number of aromatic hydroxyl groups is 3. The Bertz CT molecular complexity index is 4680. The first-order valence-electron chi connectivity index (χ1n) is 40.0. The van der Waals surface area contributed by atoms with Crippen LogP contribution in [0.25, 0.3) is 11.1 Å². The van der Waals surface area contributed by atoms with E-state index in [0.717, 1.165) is 116 Å². The first-order chi connectivity index (χ1) is 57.8. The maximum Gasteiger partial charge on any atom is 0.330 e. The van der Waals surface area contributed by atoms with E-state index in [1.165, 1.54) is 32.9 Å². The van der Waals surface area contributed by atoms with E-state index in [-0.39, 0.29) is 36.4 Å². The van der Waals surface area contributed by atoms with E-state index in [1.807, 2.05) is 0 Å². The van der Waals surface area contributed by atoms with Crippen molar-refractivity contribution in [1.82, 2.24) is 47.0 Å². The number of carbonyl (C=O) groups is 10. The lowest BCUT2D eigenvalue weighted by Crippen LogP contribution is -2.67. The SMILES string of the molecule is CCCCCCCCCCNCCN(CC(=O)O)[C@@]1(C)C[C@H](O[C@H]2[C@H](Oc3c4cc5cc3Oc3ccc(cc3Cl)[C@@H](O)[C@@H](NC(=O)[C@@H](CC(C)C)N(C)CC(=O)O)C(=O)N[C@@H](CC(N)=O)C(=O)N[C@H]5C(=O)N[C@H]3C(=O)N[C@H](C(=O)N[C@H](C(=O)O)c5cc(O)cc(O)c5-c5cc3ccc5O)[C@H](O)c3ccc(c(Cl)c3)O4)O[C@H](CN)[C@@H](O)[C@@H]2O)O[C@@H](C)[C@H]1O. The monoisotopic (exact) mass is 1750 g/mol. The first kappa shape index (κ1) is 94.0. The van der Waals surface area contributed by atoms with Crippen molar-refractivity contribution in [2.45, 2.75) is 214 Å². The number of aliphatic carboxylic acids is 3. The van der Waals surface area contributed by atoms with Crippen LogP contribution in [0.1, 0.15) is 163 Å². The van der Waals surface area contributed by atoms with Crippen LogP contribution >= 0.6 is 23.2 Å². The van der Waals surface area contributed by atoms with E-state index in [9.17, 15) is 84.9 Å². The lowest BCUT2D eigenvalue weighted by atomic mass is 9.83. The summed E-state index contributed by atoms with van der Waals surface area (Å²) in [4.78, 5) is 147. The number of nitrogens with one attached hydrogen (secondary N) is 7. The third kappa shape index (κ3) is 22.4. The van der Waals surface area contributed by atoms with Gasteiger partial charge in [0, 0.05) is 48.8 Å². The van der Waals surface area contributed by atoms with Gasteiger partial charge in [0.15, 0.2) is 29.9 Å². The summed E-state index contributed by atoms with van der Waals surface area (Å²) < 4.78 is 39.7. The van der Waals surface area contributed by atoms with Crippen LogP contribution in [-0.4, -0.2) is 250 Å². The van der Waals surface area contributed by atoms with Gasteiger partial charge in [-0.15, -0.1) is 0 Å². The number of carboxylic acids is 3. The highest BCUT2D eigenvalue weighted by atomic mass is 35.5. The second-order valence-electron chi connectivity index (χ2n) is 31.6. The van der Waals surface area contributed by atoms with Gasteiger partial charge in [0.25, 0.3) is 0 Å². The number of hydrogen-bond donors (Lipinski definition) is 20. The van der Waals surface area contributed by atoms with Crippen LogP contribution in [0.5, 0.6) is 46.0 Å². The molecule has 5 aromatic carbocycles. The van der Waals surface area contributed by atoms with Crippen LogP contribution in [-0.2, 0) is 62.2 Å². The van der Waals surface area contributed by atoms with E-state index in [4.69, 9.17) is 63.1 Å². The Labute approximate surface area is 710 Å². The number of hydrogen-bond acceptors (Lipinski definition) is 28. The highest BCUT2D eigenvalue weighted by Crippen LogP contribution is 2.50. The second-order valence-corrected chi connectivity index (χ2v) is 32.5. The standard InChI is InChI=1S/C82H105Cl2N11O27/c1-7-8-9-10-11-12-13-14-21-87-22-23-95(36-59(102)103)82(5)33-60(117-38(4)73(82)108)121-72-70(107)69(106)56(34-85)120-81(72)122-71-54-28-42-29-55(71)119-53-20-17-41(27-47(53)84)68(105)66-79(114)91-64(80(115)116)45-30-43(96)31-51(98)61(45)44-25-39(15-18-50(44)97)62(76(111)93-66)90-77(112)63(42)89-74(109)48(32-57(86)99)88-78(113)65(67(104)40-16-19-52(118-54)46(83)26-40)92-75(110)49(24-37(2)3)94(6)35-58(100)101/h15-20,25-31,37-38,48-49,56,60,62-70,72-73,81,87,96-98,104-108H,7-14,21-24,32-36,85H2,1-6H3,(H2,86,99)(H,88,113)(H,89,109)(H,90,112)(H,91,114)(H,92,110)(H,93,111)(H,100,101)(H,102,103)(H,115,116)/t38-,48-,49+,56+,60-,62+,63+,64-,65+,66-,67+,68+,69+,70-,72+,73+,81-,82-/m0/s1. The molecule has 0 aromatic heterocycles.